The number of halogens is 6. The highest BCUT2D eigenvalue weighted by Gasteiger charge is 2.40. The molecule has 0 heterocycles. The van der Waals surface area contributed by atoms with Gasteiger partial charge in [0, 0.05) is 27.1 Å². The van der Waals surface area contributed by atoms with Gasteiger partial charge in [-0.05, 0) is 145 Å². The summed E-state index contributed by atoms with van der Waals surface area (Å²) in [5.41, 5.74) is 7.12. The predicted octanol–water partition coefficient (Wildman–Crippen LogP) is 14.8. The summed E-state index contributed by atoms with van der Waals surface area (Å²) in [6, 6.07) is 27.6. The Morgan fingerprint density at radius 2 is 0.836 bits per heavy atom. The molecule has 2 fully saturated rings. The summed E-state index contributed by atoms with van der Waals surface area (Å²) < 4.78 is 101. The Hall–Kier alpha value is -3.82. The van der Waals surface area contributed by atoms with Crippen molar-refractivity contribution in [2.24, 2.45) is 23.7 Å². The highest BCUT2D eigenvalue weighted by Crippen LogP contribution is 2.40. The molecule has 2 saturated carbocycles. The van der Waals surface area contributed by atoms with Crippen LogP contribution in [0.1, 0.15) is 134 Å². The third kappa shape index (κ3) is 13.1. The second-order valence-corrected chi connectivity index (χ2v) is 17.9. The Bertz CT molecular complexity index is 1800. The van der Waals surface area contributed by atoms with Crippen LogP contribution < -0.4 is 4.74 Å². The van der Waals surface area contributed by atoms with Crippen molar-refractivity contribution in [1.82, 2.24) is 0 Å². The smallest absolute Gasteiger partial charge is 0.394 e. The normalized spacial score (nSPS) is 21.0. The molecule has 6 rings (SSSR count). The molecule has 3 nitrogen and oxygen atoms in total. The van der Waals surface area contributed by atoms with Crippen molar-refractivity contribution in [2.45, 2.75) is 128 Å². The van der Waals surface area contributed by atoms with Gasteiger partial charge in [-0.25, -0.2) is 0 Å². The molecule has 2 aliphatic rings. The largest absolute Gasteiger partial charge is 0.457 e. The molecule has 0 radical (unpaired) electrons. The fraction of sp³-hybridized carbons (Fsp3) is 0.538. The third-order valence-corrected chi connectivity index (χ3v) is 13.6. The van der Waals surface area contributed by atoms with Gasteiger partial charge in [0.05, 0.1) is 25.0 Å². The highest BCUT2D eigenvalue weighted by atomic mass is 19.4. The number of benzene rings is 4. The van der Waals surface area contributed by atoms with E-state index in [0.29, 0.717) is 47.3 Å². The predicted molar refractivity (Wildman–Crippen MR) is 232 cm³/mol. The minimum absolute atomic E-state index is 0.248. The van der Waals surface area contributed by atoms with Crippen LogP contribution in [-0.2, 0) is 35.2 Å². The van der Waals surface area contributed by atoms with Crippen molar-refractivity contribution in [3.8, 4) is 11.5 Å². The Morgan fingerprint density at radius 3 is 1.15 bits per heavy atom. The zero-order valence-electron chi connectivity index (χ0n) is 36.4. The maximum absolute atomic E-state index is 14.1. The van der Waals surface area contributed by atoms with Gasteiger partial charge in [-0.1, -0.05) is 99.5 Å². The molecule has 4 aromatic carbocycles. The van der Waals surface area contributed by atoms with Gasteiger partial charge in [-0.15, -0.1) is 0 Å². The van der Waals surface area contributed by atoms with Crippen LogP contribution in [0.25, 0.3) is 0 Å². The van der Waals surface area contributed by atoms with Crippen LogP contribution in [0.15, 0.2) is 84.9 Å². The molecule has 0 saturated heterocycles. The monoisotopic (exact) mass is 850 g/mol. The number of hydrogen-bond acceptors (Lipinski definition) is 3. The minimum atomic E-state index is -4.44. The molecule has 4 aromatic rings. The Kier molecular flexibility index (Phi) is 16.5. The number of methoxy groups -OCH3 is 2. The molecule has 0 spiro atoms. The molecule has 332 valence electrons. The second kappa shape index (κ2) is 21.5. The van der Waals surface area contributed by atoms with Crippen molar-refractivity contribution in [2.75, 3.05) is 27.4 Å². The van der Waals surface area contributed by atoms with E-state index in [9.17, 15) is 26.3 Å². The van der Waals surface area contributed by atoms with Crippen molar-refractivity contribution in [3.63, 3.8) is 0 Å². The van der Waals surface area contributed by atoms with Gasteiger partial charge in [-0.3, -0.25) is 0 Å². The summed E-state index contributed by atoms with van der Waals surface area (Å²) in [5, 5.41) is 0. The first-order valence-electron chi connectivity index (χ1n) is 22.5. The van der Waals surface area contributed by atoms with Gasteiger partial charge in [0.1, 0.15) is 11.5 Å². The molecular formula is C52H64F6O3. The van der Waals surface area contributed by atoms with E-state index in [1.54, 1.807) is 36.4 Å². The molecule has 0 aromatic heterocycles. The van der Waals surface area contributed by atoms with Crippen LogP contribution in [0.5, 0.6) is 11.5 Å². The molecule has 9 heteroatoms. The molecule has 2 aliphatic carbocycles. The van der Waals surface area contributed by atoms with E-state index in [-0.39, 0.29) is 12.8 Å². The molecular weight excluding hydrogens is 787 g/mol. The standard InChI is InChI=1S/C52H64F6O3/c1-5-35-7-17-41(18-8-35)43-21-11-37(12-22-43)27-45-29-39(31-47(33-59-3)51(53,54)55)15-25-49(45)61-50-26-16-40(32-48(34-60-4)52(56,57)58)30-46(50)28-38-13-23-44(24-14-38)42-19-9-36(6-2)10-20-42/h11-16,21-26,29-30,35-36,41-42,47-48H,5-10,17-20,27-28,31-34H2,1-4H3. The summed E-state index contributed by atoms with van der Waals surface area (Å²) in [6.45, 7) is 3.62. The molecule has 0 aliphatic heterocycles. The van der Waals surface area contributed by atoms with Crippen molar-refractivity contribution in [1.29, 1.82) is 0 Å². The highest BCUT2D eigenvalue weighted by molar-refractivity contribution is 5.48. The Balaban J connectivity index is 1.31. The maximum Gasteiger partial charge on any atom is 0.394 e. The average molecular weight is 851 g/mol. The first kappa shape index (κ1) is 46.7. The lowest BCUT2D eigenvalue weighted by Crippen LogP contribution is -2.29. The summed E-state index contributed by atoms with van der Waals surface area (Å²) in [4.78, 5) is 0. The molecule has 0 amide bonds. The van der Waals surface area contributed by atoms with Crippen LogP contribution in [0.3, 0.4) is 0 Å². The fourth-order valence-electron chi connectivity index (χ4n) is 9.69. The van der Waals surface area contributed by atoms with E-state index in [1.165, 1.54) is 89.6 Å². The van der Waals surface area contributed by atoms with Crippen LogP contribution in [0, 0.1) is 23.7 Å². The topological polar surface area (TPSA) is 27.7 Å². The summed E-state index contributed by atoms with van der Waals surface area (Å²) in [7, 11) is 2.55. The van der Waals surface area contributed by atoms with Crippen LogP contribution in [-0.4, -0.2) is 39.8 Å². The van der Waals surface area contributed by atoms with E-state index in [0.717, 1.165) is 34.1 Å². The number of alkyl halides is 6. The zero-order chi connectivity index (χ0) is 43.6. The van der Waals surface area contributed by atoms with Crippen molar-refractivity contribution in [3.05, 3.63) is 129 Å². The van der Waals surface area contributed by atoms with Crippen LogP contribution in [0.2, 0.25) is 0 Å². The van der Waals surface area contributed by atoms with Crippen molar-refractivity contribution < 1.29 is 40.6 Å². The molecule has 2 atom stereocenters. The lowest BCUT2D eigenvalue weighted by atomic mass is 9.77. The average Bonchev–Trinajstić information content (AvgIpc) is 3.25. The zero-order valence-corrected chi connectivity index (χ0v) is 36.4. The Morgan fingerprint density at radius 1 is 0.492 bits per heavy atom. The van der Waals surface area contributed by atoms with Crippen molar-refractivity contribution >= 4 is 0 Å². The van der Waals surface area contributed by atoms with Gasteiger partial charge < -0.3 is 14.2 Å². The fourth-order valence-corrected chi connectivity index (χ4v) is 9.69. The summed E-state index contributed by atoms with van der Waals surface area (Å²) in [6.07, 6.45) is 3.57. The van der Waals surface area contributed by atoms with Gasteiger partial charge in [0.15, 0.2) is 0 Å². The molecule has 0 N–H and O–H groups in total. The van der Waals surface area contributed by atoms with E-state index < -0.39 is 37.4 Å². The number of ether oxygens (including phenoxy) is 3. The van der Waals surface area contributed by atoms with Crippen LogP contribution in [0.4, 0.5) is 26.3 Å². The summed E-state index contributed by atoms with van der Waals surface area (Å²) >= 11 is 0. The quantitative estimate of drug-likeness (QED) is 0.0934. The molecule has 0 bridgehead atoms. The van der Waals surface area contributed by atoms with Gasteiger partial charge in [0.25, 0.3) is 0 Å². The van der Waals surface area contributed by atoms with E-state index in [2.05, 4.69) is 62.4 Å². The lowest BCUT2D eigenvalue weighted by molar-refractivity contribution is -0.186. The molecule has 61 heavy (non-hydrogen) atoms. The lowest BCUT2D eigenvalue weighted by Gasteiger charge is -2.28. The van der Waals surface area contributed by atoms with Gasteiger partial charge in [-0.2, -0.15) is 26.3 Å². The van der Waals surface area contributed by atoms with E-state index in [1.807, 2.05) is 0 Å². The maximum atomic E-state index is 14.1. The summed E-state index contributed by atoms with van der Waals surface area (Å²) in [5.74, 6) is 0.279. The van der Waals surface area contributed by atoms with E-state index >= 15 is 0 Å². The minimum Gasteiger partial charge on any atom is -0.457 e. The van der Waals surface area contributed by atoms with Gasteiger partial charge in [0.2, 0.25) is 0 Å². The SMILES string of the molecule is CCC1CCC(c2ccc(Cc3cc(CC(COC)C(F)(F)F)ccc3Oc3ccc(CC(COC)C(F)(F)F)cc3Cc3ccc(C4CCC(CC)CC4)cc3)cc2)CC1. The third-order valence-electron chi connectivity index (χ3n) is 13.6. The Labute approximate surface area is 359 Å². The van der Waals surface area contributed by atoms with Gasteiger partial charge >= 0.3 is 12.4 Å². The van der Waals surface area contributed by atoms with Crippen LogP contribution >= 0.6 is 0 Å². The molecule has 2 unspecified atom stereocenters. The first-order chi connectivity index (χ1) is 29.3. The first-order valence-corrected chi connectivity index (χ1v) is 22.5. The number of rotatable bonds is 18. The van der Waals surface area contributed by atoms with E-state index in [4.69, 9.17) is 14.2 Å². The number of hydrogen-bond donors (Lipinski definition) is 0. The second-order valence-electron chi connectivity index (χ2n) is 17.9.